The number of furan rings is 1. The van der Waals surface area contributed by atoms with Gasteiger partial charge in [0.2, 0.25) is 5.91 Å². The summed E-state index contributed by atoms with van der Waals surface area (Å²) < 4.78 is 5.41. The zero-order chi connectivity index (χ0) is 13.5. The lowest BCUT2D eigenvalue weighted by atomic mass is 10.2. The Morgan fingerprint density at radius 3 is 2.89 bits per heavy atom. The van der Waals surface area contributed by atoms with Crippen molar-refractivity contribution in [1.29, 1.82) is 0 Å². The third-order valence-corrected chi connectivity index (χ3v) is 3.51. The van der Waals surface area contributed by atoms with E-state index in [9.17, 15) is 4.79 Å². The lowest BCUT2D eigenvalue weighted by Crippen LogP contribution is -2.29. The van der Waals surface area contributed by atoms with E-state index in [2.05, 4.69) is 10.3 Å². The molecule has 0 saturated heterocycles. The van der Waals surface area contributed by atoms with Crippen LogP contribution in [0, 0.1) is 0 Å². The van der Waals surface area contributed by atoms with Crippen molar-refractivity contribution in [3.05, 3.63) is 24.2 Å². The summed E-state index contributed by atoms with van der Waals surface area (Å²) in [7, 11) is 0. The molecule has 1 heterocycles. The number of carbonyl (C=O) groups is 1. The lowest BCUT2D eigenvalue weighted by Gasteiger charge is -2.20. The van der Waals surface area contributed by atoms with Crippen LogP contribution in [-0.4, -0.2) is 23.4 Å². The van der Waals surface area contributed by atoms with Gasteiger partial charge in [-0.2, -0.15) is 0 Å². The van der Waals surface area contributed by atoms with Crippen molar-refractivity contribution >= 4 is 5.91 Å². The van der Waals surface area contributed by atoms with Gasteiger partial charge < -0.3 is 4.42 Å². The van der Waals surface area contributed by atoms with E-state index >= 15 is 0 Å². The summed E-state index contributed by atoms with van der Waals surface area (Å²) in [6.45, 7) is 1.98. The van der Waals surface area contributed by atoms with Gasteiger partial charge in [-0.3, -0.25) is 15.1 Å². The summed E-state index contributed by atoms with van der Waals surface area (Å²) in [6.07, 6.45) is 7.95. The minimum absolute atomic E-state index is 0.0744. The number of amides is 1. The first-order chi connectivity index (χ1) is 9.29. The Kier molecular flexibility index (Phi) is 5.42. The molecule has 1 fully saturated rings. The van der Waals surface area contributed by atoms with Crippen LogP contribution in [0.2, 0.25) is 0 Å². The van der Waals surface area contributed by atoms with Gasteiger partial charge in [0.1, 0.15) is 5.76 Å². The second-order valence-electron chi connectivity index (χ2n) is 5.16. The maximum Gasteiger partial charge on any atom is 0.233 e. The molecule has 19 heavy (non-hydrogen) atoms. The fourth-order valence-electron chi connectivity index (χ4n) is 2.28. The number of nitrogens with two attached hydrogens (primary N) is 1. The van der Waals surface area contributed by atoms with Crippen molar-refractivity contribution in [2.45, 2.75) is 51.1 Å². The van der Waals surface area contributed by atoms with E-state index in [0.29, 0.717) is 6.42 Å². The number of nitrogens with one attached hydrogen (secondary N) is 1. The molecule has 0 atom stereocenters. The van der Waals surface area contributed by atoms with Gasteiger partial charge in [0.25, 0.3) is 0 Å². The summed E-state index contributed by atoms with van der Waals surface area (Å²) >= 11 is 0. The molecule has 1 aromatic heterocycles. The zero-order valence-electron chi connectivity index (χ0n) is 11.3. The molecule has 3 N–H and O–H groups in total. The maximum absolute atomic E-state index is 11.0. The molecule has 2 rings (SSSR count). The highest BCUT2D eigenvalue weighted by Gasteiger charge is 2.28. The largest absolute Gasteiger partial charge is 0.468 e. The molecular weight excluding hydrogens is 242 g/mol. The van der Waals surface area contributed by atoms with Gasteiger partial charge in [0, 0.05) is 12.5 Å². The average Bonchev–Trinajstić information content (AvgIpc) is 3.14. The van der Waals surface area contributed by atoms with Crippen molar-refractivity contribution in [3.8, 4) is 0 Å². The predicted molar refractivity (Wildman–Crippen MR) is 72.9 cm³/mol. The SMILES string of the molecule is NNC(=O)CCCCCN(Cc1ccco1)C1CC1. The summed E-state index contributed by atoms with van der Waals surface area (Å²) in [5, 5.41) is 0. The Hall–Kier alpha value is -1.33. The van der Waals surface area contributed by atoms with Gasteiger partial charge in [0.05, 0.1) is 12.8 Å². The minimum atomic E-state index is -0.0744. The second-order valence-corrected chi connectivity index (χ2v) is 5.16. The van der Waals surface area contributed by atoms with Crippen molar-refractivity contribution < 1.29 is 9.21 Å². The molecule has 0 bridgehead atoms. The monoisotopic (exact) mass is 265 g/mol. The van der Waals surface area contributed by atoms with Crippen LogP contribution in [0.15, 0.2) is 22.8 Å². The Balaban J connectivity index is 1.62. The van der Waals surface area contributed by atoms with E-state index in [-0.39, 0.29) is 5.91 Å². The number of rotatable bonds is 9. The standard InChI is InChI=1S/C14H23N3O2/c15-16-14(18)6-2-1-3-9-17(12-7-8-12)11-13-5-4-10-19-13/h4-5,10,12H,1-3,6-9,11,15H2,(H,16,18). The van der Waals surface area contributed by atoms with Gasteiger partial charge >= 0.3 is 0 Å². The van der Waals surface area contributed by atoms with Crippen molar-refractivity contribution in [1.82, 2.24) is 10.3 Å². The number of hydrogen-bond donors (Lipinski definition) is 2. The van der Waals surface area contributed by atoms with Crippen LogP contribution >= 0.6 is 0 Å². The fraction of sp³-hybridized carbons (Fsp3) is 0.643. The van der Waals surface area contributed by atoms with E-state index in [1.165, 1.54) is 12.8 Å². The molecular formula is C14H23N3O2. The Bertz CT molecular complexity index is 374. The fourth-order valence-corrected chi connectivity index (χ4v) is 2.28. The third kappa shape index (κ3) is 5.04. The maximum atomic E-state index is 11.0. The Morgan fingerprint density at radius 2 is 2.26 bits per heavy atom. The van der Waals surface area contributed by atoms with Crippen LogP contribution in [0.5, 0.6) is 0 Å². The highest BCUT2D eigenvalue weighted by Crippen LogP contribution is 2.28. The molecule has 106 valence electrons. The van der Waals surface area contributed by atoms with E-state index in [1.54, 1.807) is 6.26 Å². The third-order valence-electron chi connectivity index (χ3n) is 3.51. The minimum Gasteiger partial charge on any atom is -0.468 e. The summed E-state index contributed by atoms with van der Waals surface area (Å²) in [5.74, 6) is 6.00. The topological polar surface area (TPSA) is 71.5 Å². The number of carbonyl (C=O) groups excluding carboxylic acids is 1. The Morgan fingerprint density at radius 1 is 1.42 bits per heavy atom. The molecule has 0 unspecified atom stereocenters. The van der Waals surface area contributed by atoms with E-state index < -0.39 is 0 Å². The van der Waals surface area contributed by atoms with Crippen LogP contribution in [-0.2, 0) is 11.3 Å². The number of unbranched alkanes of at least 4 members (excludes halogenated alkanes) is 2. The van der Waals surface area contributed by atoms with E-state index in [4.69, 9.17) is 10.3 Å². The second kappa shape index (κ2) is 7.31. The van der Waals surface area contributed by atoms with Crippen LogP contribution in [0.1, 0.15) is 44.3 Å². The van der Waals surface area contributed by atoms with Crippen molar-refractivity contribution in [2.75, 3.05) is 6.54 Å². The Labute approximate surface area is 114 Å². The molecule has 1 aliphatic rings. The average molecular weight is 265 g/mol. The molecule has 0 aromatic carbocycles. The number of nitrogens with zero attached hydrogens (tertiary/aromatic N) is 1. The summed E-state index contributed by atoms with van der Waals surface area (Å²) in [5.41, 5.74) is 2.16. The molecule has 1 saturated carbocycles. The van der Waals surface area contributed by atoms with Gasteiger partial charge in [-0.15, -0.1) is 0 Å². The molecule has 0 aliphatic heterocycles. The molecule has 1 aliphatic carbocycles. The van der Waals surface area contributed by atoms with Crippen LogP contribution in [0.4, 0.5) is 0 Å². The van der Waals surface area contributed by atoms with Crippen LogP contribution in [0.3, 0.4) is 0 Å². The molecule has 5 heteroatoms. The molecule has 0 spiro atoms. The molecule has 1 amide bonds. The summed E-state index contributed by atoms with van der Waals surface area (Å²) in [6, 6.07) is 4.70. The van der Waals surface area contributed by atoms with Crippen LogP contribution < -0.4 is 11.3 Å². The molecule has 5 nitrogen and oxygen atoms in total. The summed E-state index contributed by atoms with van der Waals surface area (Å²) in [4.78, 5) is 13.5. The van der Waals surface area contributed by atoms with Gasteiger partial charge in [0.15, 0.2) is 0 Å². The number of hydrogen-bond acceptors (Lipinski definition) is 4. The number of hydrazine groups is 1. The molecule has 0 radical (unpaired) electrons. The quantitative estimate of drug-likeness (QED) is 0.309. The highest BCUT2D eigenvalue weighted by atomic mass is 16.3. The van der Waals surface area contributed by atoms with E-state index in [0.717, 1.165) is 44.2 Å². The zero-order valence-corrected chi connectivity index (χ0v) is 11.3. The van der Waals surface area contributed by atoms with Crippen molar-refractivity contribution in [2.24, 2.45) is 5.84 Å². The smallest absolute Gasteiger partial charge is 0.233 e. The predicted octanol–water partition coefficient (Wildman–Crippen LogP) is 1.79. The van der Waals surface area contributed by atoms with E-state index in [1.807, 2.05) is 12.1 Å². The van der Waals surface area contributed by atoms with Crippen molar-refractivity contribution in [3.63, 3.8) is 0 Å². The van der Waals surface area contributed by atoms with Gasteiger partial charge in [-0.1, -0.05) is 6.42 Å². The van der Waals surface area contributed by atoms with Crippen LogP contribution in [0.25, 0.3) is 0 Å². The highest BCUT2D eigenvalue weighted by molar-refractivity contribution is 5.74. The first-order valence-corrected chi connectivity index (χ1v) is 7.05. The lowest BCUT2D eigenvalue weighted by molar-refractivity contribution is -0.121. The molecule has 1 aromatic rings. The first-order valence-electron chi connectivity index (χ1n) is 7.05. The van der Waals surface area contributed by atoms with Gasteiger partial charge in [-0.05, 0) is 44.4 Å². The van der Waals surface area contributed by atoms with Gasteiger partial charge in [-0.25, -0.2) is 5.84 Å². The first kappa shape index (κ1) is 14.1. The normalized spacial score (nSPS) is 14.8.